The molecule has 5 nitrogen and oxygen atoms in total. The summed E-state index contributed by atoms with van der Waals surface area (Å²) in [6, 6.07) is 13.6. The Morgan fingerprint density at radius 3 is 2.50 bits per heavy atom. The average molecular weight is 392 g/mol. The van der Waals surface area contributed by atoms with Gasteiger partial charge in [-0.2, -0.15) is 5.10 Å². The molecule has 8 heteroatoms. The van der Waals surface area contributed by atoms with E-state index in [1.165, 1.54) is 18.2 Å². The smallest absolute Gasteiger partial charge is 0.267 e. The number of nitrogens with one attached hydrogen (secondary N) is 1. The molecule has 1 heterocycles. The number of carbonyl (C=O) groups excluding carboxylic acids is 1. The van der Waals surface area contributed by atoms with Crippen LogP contribution in [-0.2, 0) is 11.3 Å². The van der Waals surface area contributed by atoms with Gasteiger partial charge in [0.25, 0.3) is 5.56 Å². The van der Waals surface area contributed by atoms with E-state index in [-0.39, 0.29) is 11.6 Å². The van der Waals surface area contributed by atoms with Crippen molar-refractivity contribution in [3.05, 3.63) is 80.8 Å². The molecule has 3 rings (SSSR count). The van der Waals surface area contributed by atoms with E-state index in [0.717, 1.165) is 16.3 Å². The number of carbonyl (C=O) groups is 1. The van der Waals surface area contributed by atoms with Crippen molar-refractivity contribution in [3.63, 3.8) is 0 Å². The number of anilines is 1. The van der Waals surface area contributed by atoms with Gasteiger partial charge in [0, 0.05) is 22.3 Å². The Kier molecular flexibility index (Phi) is 5.35. The summed E-state index contributed by atoms with van der Waals surface area (Å²) in [5.74, 6) is -1.08. The number of halogens is 3. The highest BCUT2D eigenvalue weighted by Gasteiger charge is 2.10. The third-order valence-corrected chi connectivity index (χ3v) is 4.04. The maximum absolute atomic E-state index is 13.2. The second-order valence-electron chi connectivity index (χ2n) is 5.40. The Balaban J connectivity index is 1.79. The lowest BCUT2D eigenvalue weighted by Crippen LogP contribution is -2.29. The van der Waals surface area contributed by atoms with Crippen molar-refractivity contribution in [2.75, 3.05) is 5.32 Å². The van der Waals surface area contributed by atoms with Crippen LogP contribution in [0.1, 0.15) is 0 Å². The summed E-state index contributed by atoms with van der Waals surface area (Å²) >= 11 is 11.5. The summed E-state index contributed by atoms with van der Waals surface area (Å²) < 4.78 is 14.2. The zero-order valence-corrected chi connectivity index (χ0v) is 14.8. The van der Waals surface area contributed by atoms with E-state index in [9.17, 15) is 14.0 Å². The molecule has 0 spiro atoms. The number of hydrogen-bond donors (Lipinski definition) is 1. The van der Waals surface area contributed by atoms with Gasteiger partial charge >= 0.3 is 0 Å². The fraction of sp³-hybridized carbons (Fsp3) is 0.0556. The van der Waals surface area contributed by atoms with Crippen molar-refractivity contribution >= 4 is 34.8 Å². The van der Waals surface area contributed by atoms with Crippen LogP contribution in [0.4, 0.5) is 10.1 Å². The van der Waals surface area contributed by atoms with Gasteiger partial charge in [-0.25, -0.2) is 9.07 Å². The molecule has 0 fully saturated rings. The summed E-state index contributed by atoms with van der Waals surface area (Å²) in [6.45, 7) is -0.296. The van der Waals surface area contributed by atoms with E-state index in [1.807, 2.05) is 0 Å². The summed E-state index contributed by atoms with van der Waals surface area (Å²) in [7, 11) is 0. The number of rotatable bonds is 4. The number of amides is 1. The molecule has 0 radical (unpaired) electrons. The summed E-state index contributed by atoms with van der Waals surface area (Å²) in [5, 5.41) is 7.22. The maximum Gasteiger partial charge on any atom is 0.267 e. The minimum absolute atomic E-state index is 0.108. The normalized spacial score (nSPS) is 10.6. The van der Waals surface area contributed by atoms with Gasteiger partial charge in [-0.1, -0.05) is 35.3 Å². The fourth-order valence-electron chi connectivity index (χ4n) is 2.25. The average Bonchev–Trinajstić information content (AvgIpc) is 2.61. The molecule has 0 atom stereocenters. The Hall–Kier alpha value is -2.70. The molecule has 3 aromatic rings. The van der Waals surface area contributed by atoms with Crippen LogP contribution >= 0.6 is 23.2 Å². The van der Waals surface area contributed by atoms with Gasteiger partial charge in [0.2, 0.25) is 5.91 Å². The Labute approximate surface area is 158 Å². The van der Waals surface area contributed by atoms with Gasteiger partial charge in [-0.05, 0) is 36.4 Å². The first kappa shape index (κ1) is 18.1. The van der Waals surface area contributed by atoms with E-state index >= 15 is 0 Å². The van der Waals surface area contributed by atoms with Gasteiger partial charge in [0.05, 0.1) is 10.7 Å². The molecule has 0 unspecified atom stereocenters. The lowest BCUT2D eigenvalue weighted by molar-refractivity contribution is -0.117. The lowest BCUT2D eigenvalue weighted by atomic mass is 10.1. The number of hydrogen-bond acceptors (Lipinski definition) is 3. The highest BCUT2D eigenvalue weighted by atomic mass is 35.5. The minimum Gasteiger partial charge on any atom is -0.324 e. The first-order valence-corrected chi connectivity index (χ1v) is 8.27. The standard InChI is InChI=1S/C18H12Cl2FN3O2/c19-12-3-1-11(2-4-12)16-7-8-18(26)24(23-16)10-17(25)22-13-5-6-15(21)14(20)9-13/h1-9H,10H2,(H,22,25). The van der Waals surface area contributed by atoms with Crippen LogP contribution < -0.4 is 10.9 Å². The molecule has 0 aliphatic rings. The second kappa shape index (κ2) is 7.68. The highest BCUT2D eigenvalue weighted by molar-refractivity contribution is 6.31. The molecular weight excluding hydrogens is 380 g/mol. The van der Waals surface area contributed by atoms with E-state index in [2.05, 4.69) is 10.4 Å². The first-order chi connectivity index (χ1) is 12.4. The predicted octanol–water partition coefficient (Wildman–Crippen LogP) is 3.99. The predicted molar refractivity (Wildman–Crippen MR) is 99.0 cm³/mol. The summed E-state index contributed by atoms with van der Waals surface area (Å²) in [5.41, 5.74) is 1.19. The topological polar surface area (TPSA) is 64.0 Å². The highest BCUT2D eigenvalue weighted by Crippen LogP contribution is 2.20. The van der Waals surface area contributed by atoms with Crippen molar-refractivity contribution in [3.8, 4) is 11.3 Å². The van der Waals surface area contributed by atoms with Crippen LogP contribution in [0.15, 0.2) is 59.4 Å². The molecule has 2 aromatic carbocycles. The number of nitrogens with zero attached hydrogens (tertiary/aromatic N) is 2. The van der Waals surface area contributed by atoms with Crippen LogP contribution in [0.3, 0.4) is 0 Å². The Bertz CT molecular complexity index is 1020. The molecule has 1 amide bonds. The van der Waals surface area contributed by atoms with E-state index in [4.69, 9.17) is 23.2 Å². The van der Waals surface area contributed by atoms with E-state index in [0.29, 0.717) is 16.4 Å². The van der Waals surface area contributed by atoms with E-state index in [1.54, 1.807) is 30.3 Å². The van der Waals surface area contributed by atoms with Crippen LogP contribution in [0.25, 0.3) is 11.3 Å². The largest absolute Gasteiger partial charge is 0.324 e. The van der Waals surface area contributed by atoms with Crippen molar-refractivity contribution < 1.29 is 9.18 Å². The molecule has 26 heavy (non-hydrogen) atoms. The van der Waals surface area contributed by atoms with Crippen molar-refractivity contribution in [1.82, 2.24) is 9.78 Å². The fourth-order valence-corrected chi connectivity index (χ4v) is 2.55. The van der Waals surface area contributed by atoms with Crippen LogP contribution in [0, 0.1) is 5.82 Å². The van der Waals surface area contributed by atoms with E-state index < -0.39 is 17.3 Å². The van der Waals surface area contributed by atoms with Crippen molar-refractivity contribution in [2.24, 2.45) is 0 Å². The molecule has 0 aliphatic heterocycles. The number of benzene rings is 2. The van der Waals surface area contributed by atoms with Gasteiger partial charge in [-0.3, -0.25) is 9.59 Å². The van der Waals surface area contributed by atoms with Crippen molar-refractivity contribution in [2.45, 2.75) is 6.54 Å². The van der Waals surface area contributed by atoms with Crippen LogP contribution in [0.2, 0.25) is 10.0 Å². The zero-order valence-electron chi connectivity index (χ0n) is 13.2. The van der Waals surface area contributed by atoms with Gasteiger partial charge in [0.1, 0.15) is 12.4 Å². The van der Waals surface area contributed by atoms with Gasteiger partial charge < -0.3 is 5.32 Å². The molecule has 0 aliphatic carbocycles. The van der Waals surface area contributed by atoms with Crippen molar-refractivity contribution in [1.29, 1.82) is 0 Å². The lowest BCUT2D eigenvalue weighted by Gasteiger charge is -2.09. The number of aromatic nitrogens is 2. The van der Waals surface area contributed by atoms with Gasteiger partial charge in [0.15, 0.2) is 0 Å². The molecule has 1 aromatic heterocycles. The molecule has 0 saturated carbocycles. The molecule has 0 bridgehead atoms. The second-order valence-corrected chi connectivity index (χ2v) is 6.24. The SMILES string of the molecule is O=C(Cn1nc(-c2ccc(Cl)cc2)ccc1=O)Nc1ccc(F)c(Cl)c1. The molecule has 1 N–H and O–H groups in total. The van der Waals surface area contributed by atoms with Crippen LogP contribution in [-0.4, -0.2) is 15.7 Å². The Morgan fingerprint density at radius 2 is 1.81 bits per heavy atom. The quantitative estimate of drug-likeness (QED) is 0.730. The zero-order chi connectivity index (χ0) is 18.7. The summed E-state index contributed by atoms with van der Waals surface area (Å²) in [4.78, 5) is 24.1. The third kappa shape index (κ3) is 4.28. The monoisotopic (exact) mass is 391 g/mol. The third-order valence-electron chi connectivity index (χ3n) is 3.50. The molecular formula is C18H12Cl2FN3O2. The minimum atomic E-state index is -0.585. The first-order valence-electron chi connectivity index (χ1n) is 7.51. The Morgan fingerprint density at radius 1 is 1.08 bits per heavy atom. The maximum atomic E-state index is 13.2. The van der Waals surface area contributed by atoms with Gasteiger partial charge in [-0.15, -0.1) is 0 Å². The molecule has 132 valence electrons. The molecule has 0 saturated heterocycles. The summed E-state index contributed by atoms with van der Waals surface area (Å²) in [6.07, 6.45) is 0. The van der Waals surface area contributed by atoms with Crippen LogP contribution in [0.5, 0.6) is 0 Å².